The highest BCUT2D eigenvalue weighted by atomic mass is 35.5. The van der Waals surface area contributed by atoms with Crippen molar-refractivity contribution in [2.45, 2.75) is 11.2 Å². The van der Waals surface area contributed by atoms with Gasteiger partial charge in [-0.1, -0.05) is 23.4 Å². The molecule has 0 aliphatic heterocycles. The Balaban J connectivity index is 2.87. The van der Waals surface area contributed by atoms with E-state index in [1.54, 1.807) is 0 Å². The second kappa shape index (κ2) is 5.59. The summed E-state index contributed by atoms with van der Waals surface area (Å²) >= 11 is 6.29. The van der Waals surface area contributed by atoms with E-state index in [4.69, 9.17) is 11.6 Å². The smallest absolute Gasteiger partial charge is 0.416 e. The fraction of sp³-hybridized carbons (Fsp3) is 0.333. The van der Waals surface area contributed by atoms with Crippen LogP contribution in [0.2, 0.25) is 5.15 Å². The van der Waals surface area contributed by atoms with E-state index < -0.39 is 17.7 Å². The van der Waals surface area contributed by atoms with Gasteiger partial charge in [0.2, 0.25) is 0 Å². The van der Waals surface area contributed by atoms with Gasteiger partial charge < -0.3 is 4.74 Å². The first-order valence-electron chi connectivity index (χ1n) is 4.27. The molecule has 1 aromatic rings. The average Bonchev–Trinajstić information content (AvgIpc) is 2.24. The number of nitrogens with zero attached hydrogens (tertiary/aromatic N) is 1. The van der Waals surface area contributed by atoms with E-state index in [1.165, 1.54) is 7.11 Å². The van der Waals surface area contributed by atoms with E-state index in [0.29, 0.717) is 0 Å². The first kappa shape index (κ1) is 14.1. The maximum Gasteiger partial charge on any atom is 0.416 e. The molecule has 0 aromatic carbocycles. The van der Waals surface area contributed by atoms with Crippen molar-refractivity contribution in [1.29, 1.82) is 0 Å². The molecule has 17 heavy (non-hydrogen) atoms. The van der Waals surface area contributed by atoms with Gasteiger partial charge in [-0.2, -0.15) is 13.2 Å². The molecule has 1 rings (SSSR count). The topological polar surface area (TPSA) is 39.2 Å². The van der Waals surface area contributed by atoms with Gasteiger partial charge in [0, 0.05) is 0 Å². The van der Waals surface area contributed by atoms with Crippen LogP contribution in [0.1, 0.15) is 5.56 Å². The van der Waals surface area contributed by atoms with E-state index in [2.05, 4.69) is 9.72 Å². The number of ether oxygens (including phenoxy) is 1. The second-order valence-electron chi connectivity index (χ2n) is 2.88. The summed E-state index contributed by atoms with van der Waals surface area (Å²) in [6.07, 6.45) is -4.49. The van der Waals surface area contributed by atoms with Crippen LogP contribution in [0, 0.1) is 0 Å². The summed E-state index contributed by atoms with van der Waals surface area (Å²) in [5.74, 6) is -0.674. The summed E-state index contributed by atoms with van der Waals surface area (Å²) < 4.78 is 41.6. The Bertz CT molecular complexity index is 425. The fourth-order valence-electron chi connectivity index (χ4n) is 0.902. The van der Waals surface area contributed by atoms with Crippen molar-refractivity contribution in [2.24, 2.45) is 0 Å². The number of carbonyl (C=O) groups is 1. The number of carbonyl (C=O) groups excluding carboxylic acids is 1. The van der Waals surface area contributed by atoms with Crippen LogP contribution in [0.25, 0.3) is 0 Å². The fourth-order valence-corrected chi connectivity index (χ4v) is 1.92. The number of hydrogen-bond acceptors (Lipinski definition) is 4. The lowest BCUT2D eigenvalue weighted by Gasteiger charge is -2.08. The van der Waals surface area contributed by atoms with Gasteiger partial charge in [-0.15, -0.1) is 0 Å². The third kappa shape index (κ3) is 4.43. The van der Waals surface area contributed by atoms with Crippen LogP contribution in [0.15, 0.2) is 17.2 Å². The number of rotatable bonds is 3. The first-order chi connectivity index (χ1) is 7.82. The van der Waals surface area contributed by atoms with E-state index in [-0.39, 0.29) is 15.9 Å². The molecule has 0 unspecified atom stereocenters. The predicted octanol–water partition coefficient (Wildman–Crippen LogP) is 3.02. The number of thioether (sulfide) groups is 1. The Labute approximate surface area is 104 Å². The minimum absolute atomic E-state index is 0.0234. The monoisotopic (exact) mass is 285 g/mol. The van der Waals surface area contributed by atoms with Gasteiger partial charge in [-0.3, -0.25) is 4.79 Å². The molecule has 0 saturated heterocycles. The normalized spacial score (nSPS) is 11.4. The van der Waals surface area contributed by atoms with Gasteiger partial charge in [-0.25, -0.2) is 4.98 Å². The molecule has 0 atom stereocenters. The van der Waals surface area contributed by atoms with Crippen molar-refractivity contribution < 1.29 is 22.7 Å². The van der Waals surface area contributed by atoms with Gasteiger partial charge in [-0.05, 0) is 12.1 Å². The van der Waals surface area contributed by atoms with Gasteiger partial charge in [0.1, 0.15) is 5.15 Å². The summed E-state index contributed by atoms with van der Waals surface area (Å²) in [6, 6.07) is 1.56. The highest BCUT2D eigenvalue weighted by Gasteiger charge is 2.31. The second-order valence-corrected chi connectivity index (χ2v) is 4.26. The number of esters is 1. The molecule has 0 saturated carbocycles. The summed E-state index contributed by atoms with van der Waals surface area (Å²) in [4.78, 5) is 14.5. The van der Waals surface area contributed by atoms with Crippen LogP contribution in [-0.2, 0) is 15.7 Å². The van der Waals surface area contributed by atoms with Gasteiger partial charge >= 0.3 is 12.1 Å². The zero-order valence-electron chi connectivity index (χ0n) is 8.55. The maximum atomic E-state index is 12.4. The Morgan fingerprint density at radius 2 is 2.18 bits per heavy atom. The van der Waals surface area contributed by atoms with Gasteiger partial charge in [0.25, 0.3) is 0 Å². The third-order valence-corrected chi connectivity index (χ3v) is 2.74. The van der Waals surface area contributed by atoms with Crippen LogP contribution in [0.4, 0.5) is 13.2 Å². The lowest BCUT2D eigenvalue weighted by molar-refractivity contribution is -0.138. The molecule has 0 fully saturated rings. The van der Waals surface area contributed by atoms with E-state index in [9.17, 15) is 18.0 Å². The zero-order valence-corrected chi connectivity index (χ0v) is 10.1. The maximum absolute atomic E-state index is 12.4. The number of aromatic nitrogens is 1. The van der Waals surface area contributed by atoms with E-state index >= 15 is 0 Å². The van der Waals surface area contributed by atoms with Crippen molar-refractivity contribution in [3.8, 4) is 0 Å². The minimum Gasteiger partial charge on any atom is -0.468 e. The lowest BCUT2D eigenvalue weighted by atomic mass is 10.3. The molecule has 1 heterocycles. The Kier molecular flexibility index (Phi) is 4.64. The molecule has 8 heteroatoms. The van der Waals surface area contributed by atoms with Gasteiger partial charge in [0.15, 0.2) is 0 Å². The van der Waals surface area contributed by atoms with Crippen molar-refractivity contribution in [2.75, 3.05) is 12.9 Å². The van der Waals surface area contributed by atoms with Crippen LogP contribution < -0.4 is 0 Å². The SMILES string of the molecule is COC(=O)CSc1cc(C(F)(F)F)cc(Cl)n1. The molecule has 94 valence electrons. The molecule has 1 aromatic heterocycles. The molecule has 0 N–H and O–H groups in total. The molecular formula is C9H7ClF3NO2S. The number of alkyl halides is 3. The van der Waals surface area contributed by atoms with Crippen LogP contribution in [0.5, 0.6) is 0 Å². The highest BCUT2D eigenvalue weighted by molar-refractivity contribution is 7.99. The lowest BCUT2D eigenvalue weighted by Crippen LogP contribution is -2.07. The van der Waals surface area contributed by atoms with Crippen LogP contribution in [-0.4, -0.2) is 23.8 Å². The van der Waals surface area contributed by atoms with Crippen LogP contribution in [0.3, 0.4) is 0 Å². The van der Waals surface area contributed by atoms with Crippen molar-refractivity contribution >= 4 is 29.3 Å². The molecule has 0 aliphatic rings. The Morgan fingerprint density at radius 1 is 1.53 bits per heavy atom. The Hall–Kier alpha value is -0.950. The van der Waals surface area contributed by atoms with Crippen molar-refractivity contribution in [3.63, 3.8) is 0 Å². The van der Waals surface area contributed by atoms with E-state index in [0.717, 1.165) is 23.9 Å². The van der Waals surface area contributed by atoms with Crippen LogP contribution >= 0.6 is 23.4 Å². The standard InChI is InChI=1S/C9H7ClF3NO2S/c1-16-8(15)4-17-7-3-5(9(11,12)13)2-6(10)14-7/h2-3H,4H2,1H3. The quantitative estimate of drug-likeness (QED) is 0.486. The first-order valence-corrected chi connectivity index (χ1v) is 5.63. The van der Waals surface area contributed by atoms with Crippen molar-refractivity contribution in [3.05, 3.63) is 22.8 Å². The highest BCUT2D eigenvalue weighted by Crippen LogP contribution is 2.32. The molecule has 3 nitrogen and oxygen atoms in total. The molecular weight excluding hydrogens is 279 g/mol. The molecule has 0 spiro atoms. The predicted molar refractivity (Wildman–Crippen MR) is 57.0 cm³/mol. The summed E-state index contributed by atoms with van der Waals surface area (Å²) in [6.45, 7) is 0. The summed E-state index contributed by atoms with van der Waals surface area (Å²) in [7, 11) is 1.19. The minimum atomic E-state index is -4.49. The number of halogens is 4. The largest absolute Gasteiger partial charge is 0.468 e. The van der Waals surface area contributed by atoms with Gasteiger partial charge in [0.05, 0.1) is 23.5 Å². The molecule has 0 bridgehead atoms. The Morgan fingerprint density at radius 3 is 2.71 bits per heavy atom. The number of methoxy groups -OCH3 is 1. The van der Waals surface area contributed by atoms with Crippen molar-refractivity contribution in [1.82, 2.24) is 4.98 Å². The summed E-state index contributed by atoms with van der Waals surface area (Å²) in [5, 5.41) is -0.248. The zero-order chi connectivity index (χ0) is 13.1. The average molecular weight is 286 g/mol. The van der Waals surface area contributed by atoms with E-state index in [1.807, 2.05) is 0 Å². The molecule has 0 amide bonds. The molecule has 0 aliphatic carbocycles. The molecule has 0 radical (unpaired) electrons. The number of hydrogen-bond donors (Lipinski definition) is 0. The number of pyridine rings is 1. The summed E-state index contributed by atoms with van der Waals surface area (Å²) in [5.41, 5.74) is -0.898. The third-order valence-electron chi connectivity index (χ3n) is 1.66.